The van der Waals surface area contributed by atoms with Gasteiger partial charge in [0.15, 0.2) is 0 Å². The van der Waals surface area contributed by atoms with Crippen molar-refractivity contribution in [2.45, 2.75) is 81.8 Å². The maximum Gasteiger partial charge on any atom is 0.507 e. The normalized spacial score (nSPS) is 14.1. The van der Waals surface area contributed by atoms with Gasteiger partial charge in [-0.15, -0.1) is 0 Å². The number of rotatable bonds is 27. The van der Waals surface area contributed by atoms with Gasteiger partial charge in [0, 0.05) is 81.9 Å². The molecule has 0 heterocycles. The summed E-state index contributed by atoms with van der Waals surface area (Å²) in [6, 6.07) is 7.52. The summed E-state index contributed by atoms with van der Waals surface area (Å²) in [7, 11) is 4.32. The maximum absolute atomic E-state index is 6.05. The van der Waals surface area contributed by atoms with Gasteiger partial charge >= 0.3 is 26.4 Å². The van der Waals surface area contributed by atoms with Crippen LogP contribution >= 0.6 is 0 Å². The Balaban J connectivity index is 3.24. The Bertz CT molecular complexity index is 950. The topological polar surface area (TPSA) is 107 Å². The molecule has 0 aromatic heterocycles. The summed E-state index contributed by atoms with van der Waals surface area (Å²) in [5.41, 5.74) is 2.92. The van der Waals surface area contributed by atoms with Gasteiger partial charge in [-0.25, -0.2) is 0 Å². The van der Waals surface area contributed by atoms with Gasteiger partial charge in [0.2, 0.25) is 0 Å². The third-order valence-corrected chi connectivity index (χ3v) is 23.9. The molecule has 276 valence electrons. The lowest BCUT2D eigenvalue weighted by molar-refractivity contribution is 0.114. The zero-order valence-corrected chi connectivity index (χ0v) is 38.7. The van der Waals surface area contributed by atoms with E-state index in [0.717, 1.165) is 50.5 Å². The van der Waals surface area contributed by atoms with Crippen LogP contribution in [0.15, 0.2) is 12.1 Å². The van der Waals surface area contributed by atoms with Crippen LogP contribution in [0.1, 0.15) is 36.4 Å². The van der Waals surface area contributed by atoms with Crippen molar-refractivity contribution >= 4 is 63.9 Å². The van der Waals surface area contributed by atoms with Crippen LogP contribution in [0, 0.1) is 0 Å². The molecule has 0 saturated carbocycles. The van der Waals surface area contributed by atoms with Crippen molar-refractivity contribution in [2.24, 2.45) is 0 Å². The highest BCUT2D eigenvalue weighted by Gasteiger charge is 2.47. The monoisotopic (exact) mass is 768 g/mol. The smallest absolute Gasteiger partial charge is 0.377 e. The molecule has 0 aliphatic heterocycles. The predicted octanol–water partition coefficient (Wildman–Crippen LogP) is 1.72. The van der Waals surface area contributed by atoms with Gasteiger partial charge in [0.05, 0.1) is 32.7 Å². The summed E-state index contributed by atoms with van der Waals surface area (Å²) in [6.45, 7) is 13.7. The Kier molecular flexibility index (Phi) is 21.9. The van der Waals surface area contributed by atoms with Crippen LogP contribution in [0.2, 0.25) is 44.3 Å². The molecule has 2 N–H and O–H groups in total. The molecule has 1 rings (SSSR count). The number of nitrogens with one attached hydrogen (secondary N) is 2. The molecule has 0 spiro atoms. The van der Waals surface area contributed by atoms with E-state index in [1.807, 2.05) is 0 Å². The maximum atomic E-state index is 6.05. The molecule has 0 radical (unpaired) electrons. The van der Waals surface area contributed by atoms with Crippen molar-refractivity contribution in [3.63, 3.8) is 0 Å². The van der Waals surface area contributed by atoms with Crippen molar-refractivity contribution in [3.05, 3.63) is 23.3 Å². The van der Waals surface area contributed by atoms with E-state index in [2.05, 4.69) is 55.9 Å². The van der Waals surface area contributed by atoms with Crippen LogP contribution in [0.4, 0.5) is 0 Å². The highest BCUT2D eigenvalue weighted by atomic mass is 28.4. The van der Waals surface area contributed by atoms with Gasteiger partial charge in [-0.3, -0.25) is 0 Å². The van der Waals surface area contributed by atoms with Crippen molar-refractivity contribution < 1.29 is 39.8 Å². The van der Waals surface area contributed by atoms with Crippen LogP contribution in [0.3, 0.4) is 0 Å². The van der Waals surface area contributed by atoms with E-state index in [1.54, 1.807) is 74.4 Å². The van der Waals surface area contributed by atoms with E-state index >= 15 is 0 Å². The van der Waals surface area contributed by atoms with Crippen molar-refractivity contribution in [3.8, 4) is 0 Å². The van der Waals surface area contributed by atoms with Crippen molar-refractivity contribution in [1.29, 1.82) is 0 Å². The molecule has 0 amide bonds. The Morgan fingerprint density at radius 1 is 0.660 bits per heavy atom. The van der Waals surface area contributed by atoms with E-state index in [1.165, 1.54) is 11.1 Å². The van der Waals surface area contributed by atoms with Crippen LogP contribution in [0.5, 0.6) is 0 Å². The molecule has 0 bridgehead atoms. The second-order valence-corrected chi connectivity index (χ2v) is 29.9. The van der Waals surface area contributed by atoms with E-state index in [0.29, 0.717) is 0 Å². The molecular weight excluding hydrogens is 701 g/mol. The van der Waals surface area contributed by atoms with Crippen LogP contribution in [-0.4, -0.2) is 136 Å². The number of aryl methyl sites for hydroxylation is 1. The van der Waals surface area contributed by atoms with E-state index < -0.39 is 53.5 Å². The first-order valence-electron chi connectivity index (χ1n) is 17.0. The summed E-state index contributed by atoms with van der Waals surface area (Å²) in [6.07, 6.45) is 2.84. The molecule has 1 aromatic rings. The third-order valence-electron chi connectivity index (χ3n) is 9.33. The SMILES string of the molecule is CO[Si](CCCNC(NCCC[Si](OC)(OC)OC)[SiH2]CCc1ccc([SiH](C)C)c([SiH](C)C)c1C(C)[Si](OC)(OC)OC)(OC)OC. The number of hydrogen-bond donors (Lipinski definition) is 2. The zero-order chi connectivity index (χ0) is 35.7. The minimum Gasteiger partial charge on any atom is -0.377 e. The molecule has 0 aliphatic rings. The second kappa shape index (κ2) is 22.8. The molecular formula is C30H68N2O9Si6. The predicted molar refractivity (Wildman–Crippen MR) is 208 cm³/mol. The van der Waals surface area contributed by atoms with E-state index in [9.17, 15) is 0 Å². The lowest BCUT2D eigenvalue weighted by Crippen LogP contribution is -2.54. The molecule has 47 heavy (non-hydrogen) atoms. The average molecular weight is 769 g/mol. The summed E-state index contributed by atoms with van der Waals surface area (Å²) in [5.74, 6) is 0.273. The number of hydrogen-bond acceptors (Lipinski definition) is 11. The fourth-order valence-electron chi connectivity index (χ4n) is 6.58. The number of benzene rings is 1. The molecule has 1 atom stereocenters. The Hall–Kier alpha value is 0.0813. The second-order valence-electron chi connectivity index (χ2n) is 12.5. The Morgan fingerprint density at radius 2 is 1.11 bits per heavy atom. The largest absolute Gasteiger partial charge is 0.507 e. The van der Waals surface area contributed by atoms with Gasteiger partial charge in [0.25, 0.3) is 0 Å². The Labute approximate surface area is 295 Å². The van der Waals surface area contributed by atoms with Crippen LogP contribution in [0.25, 0.3) is 0 Å². The lowest BCUT2D eigenvalue weighted by atomic mass is 10.0. The Morgan fingerprint density at radius 3 is 1.47 bits per heavy atom. The minimum absolute atomic E-state index is 0.0578. The summed E-state index contributed by atoms with van der Waals surface area (Å²) < 4.78 is 52.0. The summed E-state index contributed by atoms with van der Waals surface area (Å²) in [4.78, 5) is 0. The van der Waals surface area contributed by atoms with Crippen molar-refractivity contribution in [2.75, 3.05) is 77.1 Å². The minimum atomic E-state index is -2.91. The van der Waals surface area contributed by atoms with Crippen LogP contribution < -0.4 is 21.0 Å². The molecule has 0 aliphatic carbocycles. The van der Waals surface area contributed by atoms with Gasteiger partial charge < -0.3 is 50.5 Å². The van der Waals surface area contributed by atoms with Gasteiger partial charge in [-0.05, 0) is 43.5 Å². The molecule has 1 aromatic carbocycles. The molecule has 17 heteroatoms. The van der Waals surface area contributed by atoms with Gasteiger partial charge in [0.1, 0.15) is 0 Å². The van der Waals surface area contributed by atoms with E-state index in [-0.39, 0.29) is 11.3 Å². The van der Waals surface area contributed by atoms with E-state index in [4.69, 9.17) is 39.8 Å². The van der Waals surface area contributed by atoms with Crippen LogP contribution in [-0.2, 0) is 46.3 Å². The molecule has 1 unspecified atom stereocenters. The fraction of sp³-hybridized carbons (Fsp3) is 0.800. The molecule has 0 saturated heterocycles. The van der Waals surface area contributed by atoms with Crippen molar-refractivity contribution in [1.82, 2.24) is 10.6 Å². The average Bonchev–Trinajstić information content (AvgIpc) is 3.09. The highest BCUT2D eigenvalue weighted by Crippen LogP contribution is 2.31. The first kappa shape index (κ1) is 45.1. The fourth-order valence-corrected chi connectivity index (χ4v) is 19.3. The first-order valence-corrected chi connectivity index (χ1v) is 30.2. The lowest BCUT2D eigenvalue weighted by Gasteiger charge is -2.34. The van der Waals surface area contributed by atoms with Gasteiger partial charge in [-0.1, -0.05) is 61.7 Å². The summed E-state index contributed by atoms with van der Waals surface area (Å²) >= 11 is 0. The van der Waals surface area contributed by atoms with Gasteiger partial charge in [-0.2, -0.15) is 0 Å². The summed E-state index contributed by atoms with van der Waals surface area (Å²) in [5, 5.41) is 10.8. The quantitative estimate of drug-likeness (QED) is 0.0777. The molecule has 11 nitrogen and oxygen atoms in total. The standard InChI is InChI=1S/C30H68N2O9Si6/c1-25(47(39-8,40-9)41-10)28-26(17-18-27(43(11)12)29(28)44(13)14)19-22-42-30(31-20-15-23-45(33-2,34-3)35-4)32-21-16-24-46(36-5,37-6)38-7/h17-18,25,30-32,43-44H,15-16,19-24,42H2,1-14H3. The zero-order valence-electron chi connectivity index (χ0n) is 32.0. The molecule has 0 fully saturated rings. The third kappa shape index (κ3) is 12.7. The highest BCUT2D eigenvalue weighted by molar-refractivity contribution is 6.82. The first-order chi connectivity index (χ1) is 22.4.